The Balaban J connectivity index is 2.36. The van der Waals surface area contributed by atoms with Crippen molar-refractivity contribution < 1.29 is 13.9 Å². The van der Waals surface area contributed by atoms with Crippen LogP contribution in [-0.2, 0) is 5.41 Å². The van der Waals surface area contributed by atoms with Gasteiger partial charge in [0.15, 0.2) is 11.6 Å². The number of hydrogen-bond acceptors (Lipinski definition) is 2. The molecule has 0 heterocycles. The van der Waals surface area contributed by atoms with E-state index in [-0.39, 0.29) is 17.4 Å². The third kappa shape index (κ3) is 1.37. The van der Waals surface area contributed by atoms with E-state index in [1.165, 1.54) is 6.07 Å². The first-order chi connectivity index (χ1) is 7.49. The average Bonchev–Trinajstić information content (AvgIpc) is 2.90. The second-order valence-corrected chi connectivity index (χ2v) is 4.78. The summed E-state index contributed by atoms with van der Waals surface area (Å²) >= 11 is 0. The molecule has 0 saturated heterocycles. The summed E-state index contributed by atoms with van der Waals surface area (Å²) in [6.07, 6.45) is 0.706. The molecule has 0 spiro atoms. The number of aliphatic hydroxyl groups excluding tert-OH is 1. The van der Waals surface area contributed by atoms with Gasteiger partial charge in [0.2, 0.25) is 0 Å². The lowest BCUT2D eigenvalue weighted by atomic mass is 9.88. The van der Waals surface area contributed by atoms with Gasteiger partial charge in [-0.1, -0.05) is 13.0 Å². The monoisotopic (exact) mass is 227 g/mol. The number of rotatable bonds is 3. The van der Waals surface area contributed by atoms with Crippen LogP contribution in [0, 0.1) is 17.0 Å². The summed E-state index contributed by atoms with van der Waals surface area (Å²) in [5.41, 5.74) is 5.61. The van der Waals surface area contributed by atoms with E-state index >= 15 is 0 Å². The lowest BCUT2D eigenvalue weighted by molar-refractivity contribution is 0.198. The molecule has 0 radical (unpaired) electrons. The van der Waals surface area contributed by atoms with Crippen molar-refractivity contribution >= 4 is 0 Å². The van der Waals surface area contributed by atoms with Crippen molar-refractivity contribution in [1.82, 2.24) is 0 Å². The zero-order valence-electron chi connectivity index (χ0n) is 9.13. The number of benzene rings is 1. The van der Waals surface area contributed by atoms with E-state index in [4.69, 9.17) is 5.73 Å². The molecule has 16 heavy (non-hydrogen) atoms. The van der Waals surface area contributed by atoms with Crippen LogP contribution in [0.15, 0.2) is 18.2 Å². The second kappa shape index (κ2) is 3.50. The first kappa shape index (κ1) is 11.5. The van der Waals surface area contributed by atoms with Crippen LogP contribution in [-0.4, -0.2) is 18.3 Å². The summed E-state index contributed by atoms with van der Waals surface area (Å²) < 4.78 is 25.9. The Kier molecular flexibility index (Phi) is 2.51. The molecule has 1 aromatic rings. The molecular weight excluding hydrogens is 212 g/mol. The van der Waals surface area contributed by atoms with Crippen molar-refractivity contribution in [2.75, 3.05) is 13.2 Å². The number of nitrogens with two attached hydrogens (primary N) is 1. The molecule has 88 valence electrons. The second-order valence-electron chi connectivity index (χ2n) is 4.78. The first-order valence-electron chi connectivity index (χ1n) is 5.25. The lowest BCUT2D eigenvalue weighted by Crippen LogP contribution is -2.28. The van der Waals surface area contributed by atoms with Crippen molar-refractivity contribution in [1.29, 1.82) is 0 Å². The molecule has 3 N–H and O–H groups in total. The maximum Gasteiger partial charge on any atom is 0.159 e. The number of halogens is 2. The van der Waals surface area contributed by atoms with Gasteiger partial charge in [-0.05, 0) is 24.1 Å². The molecule has 2 nitrogen and oxygen atoms in total. The first-order valence-corrected chi connectivity index (χ1v) is 5.25. The molecule has 4 heteroatoms. The number of hydrogen-bond donors (Lipinski definition) is 2. The van der Waals surface area contributed by atoms with E-state index in [1.54, 1.807) is 6.07 Å². The van der Waals surface area contributed by atoms with Gasteiger partial charge < -0.3 is 10.8 Å². The van der Waals surface area contributed by atoms with Crippen molar-refractivity contribution in [3.8, 4) is 0 Å². The maximum atomic E-state index is 13.1. The topological polar surface area (TPSA) is 46.2 Å². The smallest absolute Gasteiger partial charge is 0.159 e. The zero-order chi connectivity index (χ0) is 12.0. The number of aliphatic hydroxyl groups is 1. The largest absolute Gasteiger partial charge is 0.396 e. The van der Waals surface area contributed by atoms with E-state index in [0.717, 1.165) is 6.07 Å². The molecule has 1 aliphatic carbocycles. The van der Waals surface area contributed by atoms with Crippen LogP contribution in [0.2, 0.25) is 0 Å². The fourth-order valence-electron chi connectivity index (χ4n) is 2.47. The molecule has 0 aromatic heterocycles. The third-order valence-electron chi connectivity index (χ3n) is 3.99. The van der Waals surface area contributed by atoms with Crippen molar-refractivity contribution in [3.63, 3.8) is 0 Å². The molecule has 1 fully saturated rings. The molecule has 2 rings (SSSR count). The van der Waals surface area contributed by atoms with Gasteiger partial charge in [0.1, 0.15) is 0 Å². The summed E-state index contributed by atoms with van der Waals surface area (Å²) in [4.78, 5) is 0. The minimum atomic E-state index is -0.852. The molecule has 0 bridgehead atoms. The fourth-order valence-corrected chi connectivity index (χ4v) is 2.47. The van der Waals surface area contributed by atoms with E-state index in [2.05, 4.69) is 0 Å². The Hall–Kier alpha value is -1.00. The highest BCUT2D eigenvalue weighted by Crippen LogP contribution is 2.63. The predicted molar refractivity (Wildman–Crippen MR) is 56.9 cm³/mol. The average molecular weight is 227 g/mol. The minimum Gasteiger partial charge on any atom is -0.396 e. The van der Waals surface area contributed by atoms with Crippen LogP contribution in [0.1, 0.15) is 18.9 Å². The van der Waals surface area contributed by atoms with Crippen LogP contribution in [0.3, 0.4) is 0 Å². The molecule has 0 aliphatic heterocycles. The van der Waals surface area contributed by atoms with Crippen molar-refractivity contribution in [2.45, 2.75) is 18.8 Å². The van der Waals surface area contributed by atoms with Gasteiger partial charge >= 0.3 is 0 Å². The minimum absolute atomic E-state index is 0.0288. The predicted octanol–water partition coefficient (Wildman–Crippen LogP) is 1.56. The van der Waals surface area contributed by atoms with Gasteiger partial charge in [0.25, 0.3) is 0 Å². The Morgan fingerprint density at radius 1 is 1.38 bits per heavy atom. The standard InChI is InChI=1S/C12H15F2NO/c1-11(5-12(11,6-15)7-16)8-2-3-9(13)10(14)4-8/h2-4,16H,5-7,15H2,1H3. The highest BCUT2D eigenvalue weighted by atomic mass is 19.2. The molecule has 1 aliphatic rings. The van der Waals surface area contributed by atoms with Crippen LogP contribution >= 0.6 is 0 Å². The highest BCUT2D eigenvalue weighted by molar-refractivity contribution is 5.38. The summed E-state index contributed by atoms with van der Waals surface area (Å²) in [6, 6.07) is 3.88. The van der Waals surface area contributed by atoms with Gasteiger partial charge in [0.05, 0.1) is 6.61 Å². The van der Waals surface area contributed by atoms with Crippen LogP contribution < -0.4 is 5.73 Å². The zero-order valence-corrected chi connectivity index (χ0v) is 9.13. The van der Waals surface area contributed by atoms with Crippen LogP contribution in [0.5, 0.6) is 0 Å². The summed E-state index contributed by atoms with van der Waals surface area (Å²) in [5.74, 6) is -1.70. The van der Waals surface area contributed by atoms with Crippen molar-refractivity contribution in [3.05, 3.63) is 35.4 Å². The maximum absolute atomic E-state index is 13.1. The Morgan fingerprint density at radius 3 is 2.50 bits per heavy atom. The molecule has 1 aromatic carbocycles. The van der Waals surface area contributed by atoms with Gasteiger partial charge in [-0.3, -0.25) is 0 Å². The SMILES string of the molecule is CC1(c2ccc(F)c(F)c2)CC1(CN)CO. The highest BCUT2D eigenvalue weighted by Gasteiger charge is 2.63. The van der Waals surface area contributed by atoms with Gasteiger partial charge in [-0.25, -0.2) is 8.78 Å². The summed E-state index contributed by atoms with van der Waals surface area (Å²) in [5, 5.41) is 9.33. The van der Waals surface area contributed by atoms with E-state index < -0.39 is 11.6 Å². The van der Waals surface area contributed by atoms with Gasteiger partial charge in [0, 0.05) is 17.4 Å². The van der Waals surface area contributed by atoms with Crippen LogP contribution in [0.25, 0.3) is 0 Å². The fraction of sp³-hybridized carbons (Fsp3) is 0.500. The van der Waals surface area contributed by atoms with Gasteiger partial charge in [-0.2, -0.15) is 0 Å². The Morgan fingerprint density at radius 2 is 2.06 bits per heavy atom. The molecule has 2 atom stereocenters. The van der Waals surface area contributed by atoms with E-state index in [9.17, 15) is 13.9 Å². The quantitative estimate of drug-likeness (QED) is 0.823. The third-order valence-corrected chi connectivity index (χ3v) is 3.99. The summed E-state index contributed by atoms with van der Waals surface area (Å²) in [7, 11) is 0. The van der Waals surface area contributed by atoms with E-state index in [0.29, 0.717) is 18.5 Å². The normalized spacial score (nSPS) is 32.8. The molecular formula is C12H15F2NO. The Bertz CT molecular complexity index is 417. The Labute approximate surface area is 93.1 Å². The lowest BCUT2D eigenvalue weighted by Gasteiger charge is -2.19. The van der Waals surface area contributed by atoms with E-state index in [1.807, 2.05) is 6.92 Å². The molecule has 0 amide bonds. The molecule has 1 saturated carbocycles. The van der Waals surface area contributed by atoms with Crippen molar-refractivity contribution in [2.24, 2.45) is 11.1 Å². The summed E-state index contributed by atoms with van der Waals surface area (Å²) in [6.45, 7) is 2.24. The van der Waals surface area contributed by atoms with Gasteiger partial charge in [-0.15, -0.1) is 0 Å². The molecule has 2 unspecified atom stereocenters. The van der Waals surface area contributed by atoms with Crippen LogP contribution in [0.4, 0.5) is 8.78 Å².